The third kappa shape index (κ3) is 4.84. The molecule has 0 aromatic heterocycles. The normalized spacial score (nSPS) is 33.7. The van der Waals surface area contributed by atoms with Gasteiger partial charge in [0, 0.05) is 24.7 Å². The van der Waals surface area contributed by atoms with E-state index >= 15 is 0 Å². The Morgan fingerprint density at radius 2 is 1.94 bits per heavy atom. The maximum atomic E-state index is 12.2. The summed E-state index contributed by atoms with van der Waals surface area (Å²) >= 11 is 0. The summed E-state index contributed by atoms with van der Waals surface area (Å²) in [5.41, 5.74) is 0. The molecule has 0 aliphatic carbocycles. The summed E-state index contributed by atoms with van der Waals surface area (Å²) in [6, 6.07) is 0.124. The standard InChI is InChI=1S/C12H23F3N2/c1-8-7-17(4)10(3)5-11(8)16-9(2)6-12(13,14)15/h8-11,16H,5-7H2,1-4H3. The Morgan fingerprint density at radius 3 is 2.47 bits per heavy atom. The molecule has 1 rings (SSSR count). The summed E-state index contributed by atoms with van der Waals surface area (Å²) in [5, 5.41) is 3.13. The minimum Gasteiger partial charge on any atom is -0.311 e. The van der Waals surface area contributed by atoms with Crippen molar-refractivity contribution in [1.29, 1.82) is 0 Å². The highest BCUT2D eigenvalue weighted by Crippen LogP contribution is 2.25. The second kappa shape index (κ2) is 5.57. The zero-order valence-electron chi connectivity index (χ0n) is 11.0. The predicted octanol–water partition coefficient (Wildman–Crippen LogP) is 2.65. The minimum atomic E-state index is -4.08. The van der Waals surface area contributed by atoms with Crippen LogP contribution in [0.3, 0.4) is 0 Å². The number of nitrogens with zero attached hydrogens (tertiary/aromatic N) is 1. The second-order valence-corrected chi connectivity index (χ2v) is 5.50. The Balaban J connectivity index is 2.45. The van der Waals surface area contributed by atoms with E-state index in [0.717, 1.165) is 13.0 Å². The van der Waals surface area contributed by atoms with Crippen molar-refractivity contribution in [1.82, 2.24) is 10.2 Å². The molecule has 1 aliphatic rings. The monoisotopic (exact) mass is 252 g/mol. The smallest absolute Gasteiger partial charge is 0.311 e. The number of rotatable bonds is 3. The van der Waals surface area contributed by atoms with Crippen molar-refractivity contribution < 1.29 is 13.2 Å². The van der Waals surface area contributed by atoms with Gasteiger partial charge in [-0.1, -0.05) is 6.92 Å². The van der Waals surface area contributed by atoms with Crippen molar-refractivity contribution in [2.75, 3.05) is 13.6 Å². The van der Waals surface area contributed by atoms with Gasteiger partial charge in [-0.3, -0.25) is 0 Å². The van der Waals surface area contributed by atoms with Gasteiger partial charge >= 0.3 is 6.18 Å². The summed E-state index contributed by atoms with van der Waals surface area (Å²) in [4.78, 5) is 2.26. The van der Waals surface area contributed by atoms with Crippen molar-refractivity contribution >= 4 is 0 Å². The molecule has 0 aromatic rings. The Kier molecular flexibility index (Phi) is 4.84. The van der Waals surface area contributed by atoms with E-state index in [2.05, 4.69) is 31.1 Å². The van der Waals surface area contributed by atoms with Crippen LogP contribution in [0, 0.1) is 5.92 Å². The Morgan fingerprint density at radius 1 is 1.35 bits per heavy atom. The summed E-state index contributed by atoms with van der Waals surface area (Å²) in [6.07, 6.45) is -3.91. The molecule has 0 radical (unpaired) electrons. The van der Waals surface area contributed by atoms with Crippen LogP contribution in [-0.2, 0) is 0 Å². The summed E-state index contributed by atoms with van der Waals surface area (Å²) in [6.45, 7) is 6.77. The van der Waals surface area contributed by atoms with Gasteiger partial charge < -0.3 is 10.2 Å². The molecular weight excluding hydrogens is 229 g/mol. The highest BCUT2D eigenvalue weighted by molar-refractivity contribution is 4.87. The maximum absolute atomic E-state index is 12.2. The van der Waals surface area contributed by atoms with Crippen molar-refractivity contribution in [2.24, 2.45) is 5.92 Å². The number of alkyl halides is 3. The average molecular weight is 252 g/mol. The molecule has 0 saturated carbocycles. The first kappa shape index (κ1) is 14.8. The van der Waals surface area contributed by atoms with E-state index in [0.29, 0.717) is 12.0 Å². The lowest BCUT2D eigenvalue weighted by molar-refractivity contribution is -0.139. The van der Waals surface area contributed by atoms with Crippen molar-refractivity contribution in [3.8, 4) is 0 Å². The van der Waals surface area contributed by atoms with Crippen LogP contribution >= 0.6 is 0 Å². The van der Waals surface area contributed by atoms with Crippen LogP contribution in [0.2, 0.25) is 0 Å². The van der Waals surface area contributed by atoms with Crippen molar-refractivity contribution in [3.05, 3.63) is 0 Å². The summed E-state index contributed by atoms with van der Waals surface area (Å²) in [5.74, 6) is 0.395. The molecule has 2 nitrogen and oxygen atoms in total. The molecule has 0 spiro atoms. The fraction of sp³-hybridized carbons (Fsp3) is 1.00. The summed E-state index contributed by atoms with van der Waals surface area (Å²) < 4.78 is 36.7. The van der Waals surface area contributed by atoms with E-state index in [1.807, 2.05) is 0 Å². The molecule has 1 saturated heterocycles. The van der Waals surface area contributed by atoms with Gasteiger partial charge in [-0.15, -0.1) is 0 Å². The Labute approximate surface area is 102 Å². The zero-order chi connectivity index (χ0) is 13.2. The van der Waals surface area contributed by atoms with Crippen LogP contribution in [0.4, 0.5) is 13.2 Å². The molecule has 102 valence electrons. The lowest BCUT2D eigenvalue weighted by Crippen LogP contribution is -2.53. The predicted molar refractivity (Wildman–Crippen MR) is 62.9 cm³/mol. The van der Waals surface area contributed by atoms with Crippen LogP contribution in [0.15, 0.2) is 0 Å². The number of halogens is 3. The third-order valence-electron chi connectivity index (χ3n) is 3.65. The molecule has 0 bridgehead atoms. The molecule has 5 heteroatoms. The van der Waals surface area contributed by atoms with Gasteiger partial charge in [-0.2, -0.15) is 13.2 Å². The van der Waals surface area contributed by atoms with Gasteiger partial charge in [-0.25, -0.2) is 0 Å². The highest BCUT2D eigenvalue weighted by atomic mass is 19.4. The van der Waals surface area contributed by atoms with E-state index in [-0.39, 0.29) is 6.04 Å². The van der Waals surface area contributed by atoms with Crippen LogP contribution in [0.5, 0.6) is 0 Å². The Bertz CT molecular complexity index is 242. The quantitative estimate of drug-likeness (QED) is 0.830. The number of hydrogen-bond acceptors (Lipinski definition) is 2. The second-order valence-electron chi connectivity index (χ2n) is 5.50. The first-order valence-corrected chi connectivity index (χ1v) is 6.22. The number of hydrogen-bond donors (Lipinski definition) is 1. The lowest BCUT2D eigenvalue weighted by atomic mass is 9.89. The molecule has 1 aliphatic heterocycles. The molecule has 17 heavy (non-hydrogen) atoms. The van der Waals surface area contributed by atoms with E-state index in [4.69, 9.17) is 0 Å². The molecule has 1 heterocycles. The zero-order valence-corrected chi connectivity index (χ0v) is 11.0. The first-order valence-electron chi connectivity index (χ1n) is 6.22. The lowest BCUT2D eigenvalue weighted by Gasteiger charge is -2.41. The Hall–Kier alpha value is -0.290. The average Bonchev–Trinajstić information content (AvgIpc) is 2.11. The highest BCUT2D eigenvalue weighted by Gasteiger charge is 2.34. The molecule has 1 fully saturated rings. The van der Waals surface area contributed by atoms with Gasteiger partial charge in [0.15, 0.2) is 0 Å². The number of likely N-dealkylation sites (tertiary alicyclic amines) is 1. The SMILES string of the molecule is CC(CC(F)(F)F)NC1CC(C)N(C)CC1C. The van der Waals surface area contributed by atoms with Gasteiger partial charge in [0.25, 0.3) is 0 Å². The summed E-state index contributed by atoms with van der Waals surface area (Å²) in [7, 11) is 2.07. The molecule has 4 atom stereocenters. The molecule has 1 N–H and O–H groups in total. The van der Waals surface area contributed by atoms with E-state index in [1.165, 1.54) is 0 Å². The maximum Gasteiger partial charge on any atom is 0.390 e. The van der Waals surface area contributed by atoms with Crippen molar-refractivity contribution in [3.63, 3.8) is 0 Å². The molecular formula is C12H23F3N2. The van der Waals surface area contributed by atoms with Crippen LogP contribution in [-0.4, -0.2) is 42.8 Å². The van der Waals surface area contributed by atoms with Gasteiger partial charge in [0.05, 0.1) is 6.42 Å². The number of nitrogens with one attached hydrogen (secondary N) is 1. The fourth-order valence-corrected chi connectivity index (χ4v) is 2.55. The van der Waals surface area contributed by atoms with E-state index < -0.39 is 18.6 Å². The largest absolute Gasteiger partial charge is 0.390 e. The third-order valence-corrected chi connectivity index (χ3v) is 3.65. The van der Waals surface area contributed by atoms with Crippen LogP contribution < -0.4 is 5.32 Å². The van der Waals surface area contributed by atoms with Gasteiger partial charge in [0.1, 0.15) is 0 Å². The fourth-order valence-electron chi connectivity index (χ4n) is 2.55. The minimum absolute atomic E-state index is 0.193. The van der Waals surface area contributed by atoms with E-state index in [1.54, 1.807) is 6.92 Å². The molecule has 4 unspecified atom stereocenters. The topological polar surface area (TPSA) is 15.3 Å². The molecule has 0 amide bonds. The molecule has 0 aromatic carbocycles. The number of piperidine rings is 1. The van der Waals surface area contributed by atoms with E-state index in [9.17, 15) is 13.2 Å². The van der Waals surface area contributed by atoms with Crippen LogP contribution in [0.25, 0.3) is 0 Å². The van der Waals surface area contributed by atoms with Gasteiger partial charge in [0.2, 0.25) is 0 Å². The van der Waals surface area contributed by atoms with Gasteiger partial charge in [-0.05, 0) is 33.2 Å². The first-order chi connectivity index (χ1) is 7.69. The van der Waals surface area contributed by atoms with Crippen molar-refractivity contribution in [2.45, 2.75) is 57.9 Å². The van der Waals surface area contributed by atoms with Crippen LogP contribution in [0.1, 0.15) is 33.6 Å².